The molecule has 118 valence electrons. The van der Waals surface area contributed by atoms with Crippen LogP contribution in [0.5, 0.6) is 0 Å². The van der Waals surface area contributed by atoms with Gasteiger partial charge in [0.05, 0.1) is 12.0 Å². The third kappa shape index (κ3) is 3.06. The molecule has 1 saturated heterocycles. The van der Waals surface area contributed by atoms with Gasteiger partial charge in [0.2, 0.25) is 11.8 Å². The topological polar surface area (TPSA) is 62.3 Å². The zero-order valence-electron chi connectivity index (χ0n) is 12.6. The lowest BCUT2D eigenvalue weighted by Crippen LogP contribution is -2.30. The van der Waals surface area contributed by atoms with E-state index in [9.17, 15) is 14.0 Å². The normalized spacial score (nSPS) is 20.6. The minimum absolute atomic E-state index is 0.103. The first kappa shape index (κ1) is 15.1. The van der Waals surface area contributed by atoms with Gasteiger partial charge in [-0.15, -0.1) is 0 Å². The highest BCUT2D eigenvalue weighted by Gasteiger charge is 2.42. The number of anilines is 1. The van der Waals surface area contributed by atoms with Crippen LogP contribution in [0.2, 0.25) is 0 Å². The fourth-order valence-corrected chi connectivity index (χ4v) is 2.89. The van der Waals surface area contributed by atoms with Crippen molar-refractivity contribution in [2.75, 3.05) is 12.4 Å². The molecule has 0 saturated carbocycles. The average molecular weight is 313 g/mol. The highest BCUT2D eigenvalue weighted by Crippen LogP contribution is 2.37. The fraction of sp³-hybridized carbons (Fsp3) is 0.235. The third-order valence-corrected chi connectivity index (χ3v) is 4.08. The number of carbonyl (C=O) groups is 2. The van der Waals surface area contributed by atoms with Crippen molar-refractivity contribution in [2.24, 2.45) is 5.92 Å². The standard InChI is InChI=1S/C17H16FN3O2/c1-21-15(22)10-14(16(21)11-2-4-12(18)5-3-11)17(23)20-13-6-8-19-9-7-13/h2-9,14,16H,10H2,1H3,(H,19,20,23). The SMILES string of the molecule is CN1C(=O)CC(C(=O)Nc2ccncc2)C1c1ccc(F)cc1. The molecule has 23 heavy (non-hydrogen) atoms. The van der Waals surface area contributed by atoms with Gasteiger partial charge in [0.25, 0.3) is 0 Å². The van der Waals surface area contributed by atoms with Crippen LogP contribution in [0.3, 0.4) is 0 Å². The smallest absolute Gasteiger partial charge is 0.230 e. The number of aromatic nitrogens is 1. The molecule has 1 aromatic heterocycles. The molecule has 0 aliphatic carbocycles. The van der Waals surface area contributed by atoms with Crippen LogP contribution >= 0.6 is 0 Å². The van der Waals surface area contributed by atoms with Gasteiger partial charge in [-0.25, -0.2) is 4.39 Å². The Morgan fingerprint density at radius 3 is 2.52 bits per heavy atom. The molecule has 2 aromatic rings. The van der Waals surface area contributed by atoms with E-state index in [0.717, 1.165) is 5.56 Å². The summed E-state index contributed by atoms with van der Waals surface area (Å²) in [5.41, 5.74) is 1.37. The van der Waals surface area contributed by atoms with Crippen LogP contribution in [0, 0.1) is 11.7 Å². The summed E-state index contributed by atoms with van der Waals surface area (Å²) < 4.78 is 13.1. The minimum atomic E-state index is -0.522. The maximum atomic E-state index is 13.1. The van der Waals surface area contributed by atoms with Gasteiger partial charge >= 0.3 is 0 Å². The molecule has 1 N–H and O–H groups in total. The average Bonchev–Trinajstić information content (AvgIpc) is 2.85. The predicted molar refractivity (Wildman–Crippen MR) is 82.9 cm³/mol. The molecule has 0 radical (unpaired) electrons. The molecular formula is C17H16FN3O2. The number of hydrogen-bond acceptors (Lipinski definition) is 3. The van der Waals surface area contributed by atoms with E-state index in [2.05, 4.69) is 10.3 Å². The monoisotopic (exact) mass is 313 g/mol. The van der Waals surface area contributed by atoms with Gasteiger partial charge in [-0.3, -0.25) is 14.6 Å². The van der Waals surface area contributed by atoms with Crippen LogP contribution in [-0.4, -0.2) is 28.7 Å². The van der Waals surface area contributed by atoms with Gasteiger partial charge in [-0.1, -0.05) is 12.1 Å². The zero-order valence-corrected chi connectivity index (χ0v) is 12.6. The van der Waals surface area contributed by atoms with Crippen LogP contribution < -0.4 is 5.32 Å². The van der Waals surface area contributed by atoms with Crippen LogP contribution in [0.4, 0.5) is 10.1 Å². The number of halogens is 1. The minimum Gasteiger partial charge on any atom is -0.338 e. The highest BCUT2D eigenvalue weighted by molar-refractivity contribution is 5.97. The van der Waals surface area contributed by atoms with Crippen molar-refractivity contribution < 1.29 is 14.0 Å². The van der Waals surface area contributed by atoms with Crippen LogP contribution in [0.25, 0.3) is 0 Å². The number of hydrogen-bond donors (Lipinski definition) is 1. The van der Waals surface area contributed by atoms with Crippen LogP contribution in [0.1, 0.15) is 18.0 Å². The molecule has 1 fully saturated rings. The first-order valence-corrected chi connectivity index (χ1v) is 7.28. The Balaban J connectivity index is 1.85. The Kier molecular flexibility index (Phi) is 4.06. The molecule has 2 atom stereocenters. The maximum absolute atomic E-state index is 13.1. The van der Waals surface area contributed by atoms with Crippen LogP contribution in [-0.2, 0) is 9.59 Å². The number of pyridine rings is 1. The number of nitrogens with one attached hydrogen (secondary N) is 1. The van der Waals surface area contributed by atoms with E-state index in [1.54, 1.807) is 48.6 Å². The Morgan fingerprint density at radius 1 is 1.22 bits per heavy atom. The van der Waals surface area contributed by atoms with E-state index in [1.807, 2.05) is 0 Å². The van der Waals surface area contributed by atoms with Crippen molar-refractivity contribution in [3.63, 3.8) is 0 Å². The molecular weight excluding hydrogens is 297 g/mol. The summed E-state index contributed by atoms with van der Waals surface area (Å²) in [4.78, 5) is 30.1. The van der Waals surface area contributed by atoms with Crippen molar-refractivity contribution in [2.45, 2.75) is 12.5 Å². The quantitative estimate of drug-likeness (QED) is 0.946. The molecule has 5 nitrogen and oxygen atoms in total. The molecule has 6 heteroatoms. The fourth-order valence-electron chi connectivity index (χ4n) is 2.89. The number of carbonyl (C=O) groups excluding carboxylic acids is 2. The Bertz CT molecular complexity index is 718. The van der Waals surface area contributed by atoms with Gasteiger partial charge in [0, 0.05) is 31.5 Å². The number of nitrogens with zero attached hydrogens (tertiary/aromatic N) is 2. The van der Waals surface area contributed by atoms with Gasteiger partial charge in [0.15, 0.2) is 0 Å². The van der Waals surface area contributed by atoms with Gasteiger partial charge < -0.3 is 10.2 Å². The lowest BCUT2D eigenvalue weighted by Gasteiger charge is -2.25. The second-order valence-electron chi connectivity index (χ2n) is 5.54. The second-order valence-corrected chi connectivity index (χ2v) is 5.54. The molecule has 1 aliphatic rings. The lowest BCUT2D eigenvalue weighted by molar-refractivity contribution is -0.127. The Hall–Kier alpha value is -2.76. The lowest BCUT2D eigenvalue weighted by atomic mass is 9.93. The second kappa shape index (κ2) is 6.16. The van der Waals surface area contributed by atoms with E-state index in [0.29, 0.717) is 5.69 Å². The van der Waals surface area contributed by atoms with Crippen molar-refractivity contribution >= 4 is 17.5 Å². The largest absolute Gasteiger partial charge is 0.338 e. The summed E-state index contributed by atoms with van der Waals surface area (Å²) in [6.45, 7) is 0. The van der Waals surface area contributed by atoms with Gasteiger partial charge in [-0.2, -0.15) is 0 Å². The van der Waals surface area contributed by atoms with E-state index < -0.39 is 12.0 Å². The Morgan fingerprint density at radius 2 is 1.87 bits per heavy atom. The first-order valence-electron chi connectivity index (χ1n) is 7.28. The molecule has 0 spiro atoms. The van der Waals surface area contributed by atoms with Crippen molar-refractivity contribution in [3.05, 3.63) is 60.2 Å². The Labute approximate surface area is 133 Å². The molecule has 3 rings (SSSR count). The van der Waals surface area contributed by atoms with E-state index in [-0.39, 0.29) is 24.1 Å². The molecule has 2 amide bonds. The summed E-state index contributed by atoms with van der Waals surface area (Å²) >= 11 is 0. The van der Waals surface area contributed by atoms with E-state index >= 15 is 0 Å². The first-order chi connectivity index (χ1) is 11.1. The maximum Gasteiger partial charge on any atom is 0.230 e. The zero-order chi connectivity index (χ0) is 16.4. The van der Waals surface area contributed by atoms with Crippen molar-refractivity contribution in [3.8, 4) is 0 Å². The van der Waals surface area contributed by atoms with Crippen molar-refractivity contribution in [1.82, 2.24) is 9.88 Å². The molecule has 2 unspecified atom stereocenters. The summed E-state index contributed by atoms with van der Waals surface area (Å²) in [7, 11) is 1.66. The molecule has 1 aliphatic heterocycles. The number of amides is 2. The molecule has 2 heterocycles. The number of likely N-dealkylation sites (tertiary alicyclic amines) is 1. The van der Waals surface area contributed by atoms with Gasteiger partial charge in [0.1, 0.15) is 5.82 Å². The van der Waals surface area contributed by atoms with Crippen molar-refractivity contribution in [1.29, 1.82) is 0 Å². The van der Waals surface area contributed by atoms with Crippen LogP contribution in [0.15, 0.2) is 48.8 Å². The number of benzene rings is 1. The van der Waals surface area contributed by atoms with E-state index in [1.165, 1.54) is 12.1 Å². The summed E-state index contributed by atoms with van der Waals surface area (Å²) in [5.74, 6) is -1.21. The summed E-state index contributed by atoms with van der Waals surface area (Å²) in [5, 5.41) is 2.80. The van der Waals surface area contributed by atoms with E-state index in [4.69, 9.17) is 0 Å². The summed E-state index contributed by atoms with van der Waals surface area (Å²) in [6.07, 6.45) is 3.30. The predicted octanol–water partition coefficient (Wildman–Crippen LogP) is 2.38. The number of rotatable bonds is 3. The summed E-state index contributed by atoms with van der Waals surface area (Å²) in [6, 6.07) is 8.87. The highest BCUT2D eigenvalue weighted by atomic mass is 19.1. The molecule has 1 aromatic carbocycles. The van der Waals surface area contributed by atoms with Gasteiger partial charge in [-0.05, 0) is 29.8 Å². The molecule has 0 bridgehead atoms. The third-order valence-electron chi connectivity index (χ3n) is 4.08.